The Morgan fingerprint density at radius 3 is 2.48 bits per heavy atom. The lowest BCUT2D eigenvalue weighted by Crippen LogP contribution is -2.67. The smallest absolute Gasteiger partial charge is 0.267 e. The third kappa shape index (κ3) is 2.07. The third-order valence-electron chi connectivity index (χ3n) is 4.66. The summed E-state index contributed by atoms with van der Waals surface area (Å²) in [5.41, 5.74) is -0.660. The molecule has 0 radical (unpaired) electrons. The maximum absolute atomic E-state index is 12.5. The molecule has 3 aliphatic rings. The summed E-state index contributed by atoms with van der Waals surface area (Å²) in [6, 6.07) is 7.37. The molecule has 5 nitrogen and oxygen atoms in total. The molecule has 1 aromatic carbocycles. The van der Waals surface area contributed by atoms with Crippen molar-refractivity contribution < 1.29 is 19.4 Å². The molecule has 0 aromatic heterocycles. The van der Waals surface area contributed by atoms with Crippen LogP contribution in [0.2, 0.25) is 0 Å². The Kier molecular flexibility index (Phi) is 2.70. The van der Waals surface area contributed by atoms with E-state index in [4.69, 9.17) is 9.47 Å². The van der Waals surface area contributed by atoms with Gasteiger partial charge in [0.2, 0.25) is 6.10 Å². The molecule has 4 rings (SSSR count). The molecule has 2 aliphatic heterocycles. The van der Waals surface area contributed by atoms with Crippen LogP contribution in [0.1, 0.15) is 19.8 Å². The number of rotatable bonds is 2. The van der Waals surface area contributed by atoms with Crippen molar-refractivity contribution >= 4 is 5.91 Å². The molecule has 1 saturated carbocycles. The number of β-amino-alcohol motifs (C(OH)–C–C–N with tert-alkyl or cyclic N) is 1. The Labute approximate surface area is 123 Å². The summed E-state index contributed by atoms with van der Waals surface area (Å²) in [5.74, 6) is 1.56. The third-order valence-corrected chi connectivity index (χ3v) is 4.66. The van der Waals surface area contributed by atoms with Crippen molar-refractivity contribution in [2.45, 2.75) is 37.6 Å². The zero-order chi connectivity index (χ0) is 14.6. The minimum atomic E-state index is -0.660. The van der Waals surface area contributed by atoms with Crippen molar-refractivity contribution in [3.8, 4) is 11.5 Å². The van der Waals surface area contributed by atoms with E-state index in [1.165, 1.54) is 0 Å². The van der Waals surface area contributed by atoms with E-state index < -0.39 is 11.7 Å². The Bertz CT molecular complexity index is 577. The summed E-state index contributed by atoms with van der Waals surface area (Å²) in [7, 11) is 0. The van der Waals surface area contributed by atoms with Crippen LogP contribution in [0.25, 0.3) is 0 Å². The second kappa shape index (κ2) is 4.37. The monoisotopic (exact) mass is 289 g/mol. The van der Waals surface area contributed by atoms with E-state index in [-0.39, 0.29) is 12.0 Å². The quantitative estimate of drug-likeness (QED) is 0.889. The van der Waals surface area contributed by atoms with Gasteiger partial charge in [0.05, 0.1) is 13.1 Å². The van der Waals surface area contributed by atoms with E-state index in [1.54, 1.807) is 11.0 Å². The average Bonchev–Trinajstić information content (AvgIpc) is 3.27. The van der Waals surface area contributed by atoms with Gasteiger partial charge in [-0.05, 0) is 37.8 Å². The maximum atomic E-state index is 12.5. The second-order valence-electron chi connectivity index (χ2n) is 6.38. The number of hydrogen-bond donors (Lipinski definition) is 1. The summed E-state index contributed by atoms with van der Waals surface area (Å²) < 4.78 is 11.6. The van der Waals surface area contributed by atoms with Crippen LogP contribution >= 0.6 is 0 Å². The number of para-hydroxylation sites is 2. The Morgan fingerprint density at radius 2 is 1.86 bits per heavy atom. The molecule has 1 aliphatic carbocycles. The van der Waals surface area contributed by atoms with Gasteiger partial charge >= 0.3 is 0 Å². The van der Waals surface area contributed by atoms with Gasteiger partial charge in [-0.3, -0.25) is 4.79 Å². The second-order valence-corrected chi connectivity index (χ2v) is 6.38. The van der Waals surface area contributed by atoms with Crippen LogP contribution in [0.5, 0.6) is 11.5 Å². The molecule has 1 saturated heterocycles. The number of benzene rings is 1. The van der Waals surface area contributed by atoms with Gasteiger partial charge in [-0.25, -0.2) is 0 Å². The first-order valence-electron chi connectivity index (χ1n) is 7.50. The number of ether oxygens (including phenoxy) is 2. The minimum absolute atomic E-state index is 0.0951. The molecule has 1 aromatic rings. The van der Waals surface area contributed by atoms with Crippen molar-refractivity contribution in [3.63, 3.8) is 0 Å². The number of fused-ring (bicyclic) bond motifs is 1. The molecule has 112 valence electrons. The molecule has 1 N–H and O–H groups in total. The van der Waals surface area contributed by atoms with E-state index in [0.717, 1.165) is 12.8 Å². The van der Waals surface area contributed by atoms with Gasteiger partial charge in [0.15, 0.2) is 11.5 Å². The zero-order valence-electron chi connectivity index (χ0n) is 12.0. The first-order valence-corrected chi connectivity index (χ1v) is 7.50. The SMILES string of the molecule is CC1Oc2ccccc2OC1C(=O)N1CC(O)(C2CC2)C1. The van der Waals surface area contributed by atoms with Gasteiger partial charge in [-0.15, -0.1) is 0 Å². The van der Waals surface area contributed by atoms with Crippen molar-refractivity contribution in [1.82, 2.24) is 4.90 Å². The lowest BCUT2D eigenvalue weighted by molar-refractivity contribution is -0.170. The summed E-state index contributed by atoms with van der Waals surface area (Å²) in [4.78, 5) is 14.2. The van der Waals surface area contributed by atoms with Gasteiger partial charge in [0, 0.05) is 0 Å². The summed E-state index contributed by atoms with van der Waals surface area (Å²) >= 11 is 0. The lowest BCUT2D eigenvalue weighted by Gasteiger charge is -2.48. The molecule has 2 unspecified atom stereocenters. The number of likely N-dealkylation sites (tertiary alicyclic amines) is 1. The van der Waals surface area contributed by atoms with Crippen molar-refractivity contribution in [2.75, 3.05) is 13.1 Å². The van der Waals surface area contributed by atoms with Gasteiger partial charge in [-0.2, -0.15) is 0 Å². The molecular formula is C16H19NO4. The lowest BCUT2D eigenvalue weighted by atomic mass is 9.88. The topological polar surface area (TPSA) is 59.0 Å². The highest BCUT2D eigenvalue weighted by molar-refractivity contribution is 5.83. The zero-order valence-corrected chi connectivity index (χ0v) is 12.0. The van der Waals surface area contributed by atoms with E-state index in [1.807, 2.05) is 25.1 Å². The fraction of sp³-hybridized carbons (Fsp3) is 0.562. The predicted octanol–water partition coefficient (Wildman–Crippen LogP) is 1.20. The van der Waals surface area contributed by atoms with Crippen LogP contribution < -0.4 is 9.47 Å². The van der Waals surface area contributed by atoms with E-state index in [9.17, 15) is 9.90 Å². The maximum Gasteiger partial charge on any atom is 0.267 e. The summed E-state index contributed by atoms with van der Waals surface area (Å²) in [6.45, 7) is 2.68. The highest BCUT2D eigenvalue weighted by Gasteiger charge is 2.55. The van der Waals surface area contributed by atoms with E-state index >= 15 is 0 Å². The van der Waals surface area contributed by atoms with Crippen molar-refractivity contribution in [1.29, 1.82) is 0 Å². The van der Waals surface area contributed by atoms with Crippen LogP contribution in [0, 0.1) is 5.92 Å². The van der Waals surface area contributed by atoms with Gasteiger partial charge in [-0.1, -0.05) is 12.1 Å². The van der Waals surface area contributed by atoms with Crippen molar-refractivity contribution in [3.05, 3.63) is 24.3 Å². The molecule has 2 heterocycles. The first-order chi connectivity index (χ1) is 10.1. The molecule has 2 fully saturated rings. The van der Waals surface area contributed by atoms with Crippen LogP contribution in [0.4, 0.5) is 0 Å². The van der Waals surface area contributed by atoms with E-state index in [0.29, 0.717) is 30.5 Å². The Morgan fingerprint density at radius 1 is 1.24 bits per heavy atom. The molecule has 2 atom stereocenters. The van der Waals surface area contributed by atoms with Crippen LogP contribution in [0.15, 0.2) is 24.3 Å². The normalized spacial score (nSPS) is 29.7. The summed E-state index contributed by atoms with van der Waals surface area (Å²) in [6.07, 6.45) is 1.18. The number of aliphatic hydroxyl groups is 1. The highest BCUT2D eigenvalue weighted by Crippen LogP contribution is 2.45. The van der Waals surface area contributed by atoms with Gasteiger partial charge < -0.3 is 19.5 Å². The average molecular weight is 289 g/mol. The van der Waals surface area contributed by atoms with Crippen molar-refractivity contribution in [2.24, 2.45) is 5.92 Å². The Hall–Kier alpha value is -1.75. The number of carbonyl (C=O) groups is 1. The van der Waals surface area contributed by atoms with Crippen LogP contribution in [0.3, 0.4) is 0 Å². The van der Waals surface area contributed by atoms with Gasteiger partial charge in [0.25, 0.3) is 5.91 Å². The number of carbonyl (C=O) groups excluding carboxylic acids is 1. The Balaban J connectivity index is 1.46. The van der Waals surface area contributed by atoms with E-state index in [2.05, 4.69) is 0 Å². The molecule has 5 heteroatoms. The molecule has 0 spiro atoms. The summed E-state index contributed by atoms with van der Waals surface area (Å²) in [5, 5.41) is 10.3. The number of nitrogens with zero attached hydrogens (tertiary/aromatic N) is 1. The van der Waals surface area contributed by atoms with Crippen LogP contribution in [-0.4, -0.2) is 46.8 Å². The minimum Gasteiger partial charge on any atom is -0.482 e. The number of hydrogen-bond acceptors (Lipinski definition) is 4. The van der Waals surface area contributed by atoms with Crippen LogP contribution in [-0.2, 0) is 4.79 Å². The number of amides is 1. The largest absolute Gasteiger partial charge is 0.482 e. The fourth-order valence-electron chi connectivity index (χ4n) is 3.22. The molecular weight excluding hydrogens is 270 g/mol. The molecule has 1 amide bonds. The van der Waals surface area contributed by atoms with Gasteiger partial charge in [0.1, 0.15) is 11.7 Å². The fourth-order valence-corrected chi connectivity index (χ4v) is 3.22. The first kappa shape index (κ1) is 13.0. The molecule has 21 heavy (non-hydrogen) atoms. The highest BCUT2D eigenvalue weighted by atomic mass is 16.6. The predicted molar refractivity (Wildman–Crippen MR) is 75.2 cm³/mol. The molecule has 0 bridgehead atoms. The standard InChI is InChI=1S/C16H19NO4/c1-10-14(21-13-5-3-2-4-12(13)20-10)15(18)17-8-16(19,9-17)11-6-7-11/h2-5,10-11,14,19H,6-9H2,1H3.